The number of hydrogen-bond donors (Lipinski definition) is 2. The number of unbranched alkanes of at least 4 members (excludes halogenated alkanes) is 8. The van der Waals surface area contributed by atoms with Crippen LogP contribution in [0.1, 0.15) is 77.6 Å². The van der Waals surface area contributed by atoms with Gasteiger partial charge in [0.2, 0.25) is 0 Å². The van der Waals surface area contributed by atoms with E-state index >= 15 is 0 Å². The molecular formula is C15H31NO2. The van der Waals surface area contributed by atoms with E-state index in [4.69, 9.17) is 5.11 Å². The summed E-state index contributed by atoms with van der Waals surface area (Å²) >= 11 is 0. The molecule has 108 valence electrons. The van der Waals surface area contributed by atoms with Crippen LogP contribution in [0.15, 0.2) is 0 Å². The van der Waals surface area contributed by atoms with E-state index in [1.807, 2.05) is 0 Å². The molecule has 0 aliphatic rings. The average molecular weight is 257 g/mol. The van der Waals surface area contributed by atoms with Crippen LogP contribution in [0, 0.1) is 0 Å². The first-order valence-corrected chi connectivity index (χ1v) is 7.70. The van der Waals surface area contributed by atoms with E-state index in [1.165, 1.54) is 57.9 Å². The number of carbonyl (C=O) groups is 1. The molecular weight excluding hydrogens is 226 g/mol. The van der Waals surface area contributed by atoms with Crippen molar-refractivity contribution in [3.05, 3.63) is 0 Å². The molecule has 0 heterocycles. The van der Waals surface area contributed by atoms with Gasteiger partial charge in [0.15, 0.2) is 0 Å². The van der Waals surface area contributed by atoms with Crippen LogP contribution in [0.25, 0.3) is 0 Å². The molecule has 0 saturated carbocycles. The summed E-state index contributed by atoms with van der Waals surface area (Å²) in [7, 11) is 0. The lowest BCUT2D eigenvalue weighted by Gasteiger charge is -2.04. The second kappa shape index (κ2) is 14.5. The maximum Gasteiger partial charge on any atom is 0.303 e. The lowest BCUT2D eigenvalue weighted by Crippen LogP contribution is -2.16. The van der Waals surface area contributed by atoms with Gasteiger partial charge in [-0.25, -0.2) is 0 Å². The van der Waals surface area contributed by atoms with Crippen molar-refractivity contribution in [3.8, 4) is 0 Å². The number of carboxylic acids is 1. The Morgan fingerprint density at radius 3 is 1.89 bits per heavy atom. The van der Waals surface area contributed by atoms with E-state index in [1.54, 1.807) is 0 Å². The van der Waals surface area contributed by atoms with Crippen molar-refractivity contribution in [2.75, 3.05) is 13.1 Å². The fraction of sp³-hybridized carbons (Fsp3) is 0.933. The fourth-order valence-corrected chi connectivity index (χ4v) is 2.04. The van der Waals surface area contributed by atoms with Gasteiger partial charge in [0.25, 0.3) is 0 Å². The van der Waals surface area contributed by atoms with Gasteiger partial charge in [0.1, 0.15) is 0 Å². The highest BCUT2D eigenvalue weighted by atomic mass is 16.4. The van der Waals surface area contributed by atoms with Gasteiger partial charge in [-0.1, -0.05) is 51.9 Å². The van der Waals surface area contributed by atoms with Crippen molar-refractivity contribution in [3.63, 3.8) is 0 Å². The Kier molecular flexibility index (Phi) is 14.0. The van der Waals surface area contributed by atoms with Crippen LogP contribution in [-0.2, 0) is 4.79 Å². The average Bonchev–Trinajstić information content (AvgIpc) is 2.34. The molecule has 0 aromatic rings. The third-order valence-corrected chi connectivity index (χ3v) is 3.20. The first-order valence-electron chi connectivity index (χ1n) is 7.70. The Bertz CT molecular complexity index is 183. The van der Waals surface area contributed by atoms with Gasteiger partial charge in [-0.2, -0.15) is 0 Å². The standard InChI is InChI=1S/C15H31NO2/c1-2-3-10-13-16-14-11-8-6-4-5-7-9-12-15(17)18/h16H,2-14H2,1H3,(H,17,18). The molecule has 0 aromatic carbocycles. The number of carboxylic acid groups (broad SMARTS) is 1. The van der Waals surface area contributed by atoms with Gasteiger partial charge in [-0.3, -0.25) is 4.79 Å². The monoisotopic (exact) mass is 257 g/mol. The summed E-state index contributed by atoms with van der Waals surface area (Å²) in [5.41, 5.74) is 0. The maximum absolute atomic E-state index is 10.3. The molecule has 0 aromatic heterocycles. The summed E-state index contributed by atoms with van der Waals surface area (Å²) in [5, 5.41) is 12.0. The normalized spacial score (nSPS) is 10.7. The van der Waals surface area contributed by atoms with Crippen molar-refractivity contribution in [2.45, 2.75) is 77.6 Å². The Morgan fingerprint density at radius 1 is 0.833 bits per heavy atom. The minimum atomic E-state index is -0.663. The minimum Gasteiger partial charge on any atom is -0.481 e. The molecule has 0 unspecified atom stereocenters. The molecule has 0 radical (unpaired) electrons. The zero-order chi connectivity index (χ0) is 13.5. The second-order valence-corrected chi connectivity index (χ2v) is 5.08. The van der Waals surface area contributed by atoms with Gasteiger partial charge in [0.05, 0.1) is 0 Å². The van der Waals surface area contributed by atoms with Crippen LogP contribution in [0.5, 0.6) is 0 Å². The summed E-state index contributed by atoms with van der Waals surface area (Å²) in [4.78, 5) is 10.3. The smallest absolute Gasteiger partial charge is 0.303 e. The van der Waals surface area contributed by atoms with E-state index in [0.717, 1.165) is 19.4 Å². The Labute approximate surface area is 112 Å². The molecule has 0 aliphatic heterocycles. The molecule has 0 spiro atoms. The molecule has 0 bridgehead atoms. The fourth-order valence-electron chi connectivity index (χ4n) is 2.04. The molecule has 0 rings (SSSR count). The topological polar surface area (TPSA) is 49.3 Å². The second-order valence-electron chi connectivity index (χ2n) is 5.08. The van der Waals surface area contributed by atoms with Crippen molar-refractivity contribution >= 4 is 5.97 Å². The van der Waals surface area contributed by atoms with Gasteiger partial charge in [-0.15, -0.1) is 0 Å². The molecule has 3 nitrogen and oxygen atoms in total. The zero-order valence-corrected chi connectivity index (χ0v) is 12.0. The van der Waals surface area contributed by atoms with Gasteiger partial charge < -0.3 is 10.4 Å². The highest BCUT2D eigenvalue weighted by molar-refractivity contribution is 5.66. The van der Waals surface area contributed by atoms with Gasteiger partial charge in [-0.05, 0) is 32.4 Å². The minimum absolute atomic E-state index is 0.335. The molecule has 0 atom stereocenters. The van der Waals surface area contributed by atoms with Crippen molar-refractivity contribution in [1.29, 1.82) is 0 Å². The lowest BCUT2D eigenvalue weighted by atomic mass is 10.1. The third kappa shape index (κ3) is 15.4. The van der Waals surface area contributed by atoms with Crippen LogP contribution in [-0.4, -0.2) is 24.2 Å². The van der Waals surface area contributed by atoms with E-state index in [2.05, 4.69) is 12.2 Å². The number of nitrogens with one attached hydrogen (secondary N) is 1. The Morgan fingerprint density at radius 2 is 1.33 bits per heavy atom. The molecule has 0 fully saturated rings. The van der Waals surface area contributed by atoms with Crippen molar-refractivity contribution in [2.24, 2.45) is 0 Å². The van der Waals surface area contributed by atoms with E-state index in [9.17, 15) is 4.79 Å². The largest absolute Gasteiger partial charge is 0.481 e. The molecule has 3 heteroatoms. The van der Waals surface area contributed by atoms with Crippen molar-refractivity contribution in [1.82, 2.24) is 5.32 Å². The van der Waals surface area contributed by atoms with Crippen molar-refractivity contribution < 1.29 is 9.90 Å². The Balaban J connectivity index is 2.92. The quantitative estimate of drug-likeness (QED) is 0.463. The lowest BCUT2D eigenvalue weighted by molar-refractivity contribution is -0.137. The van der Waals surface area contributed by atoms with Gasteiger partial charge >= 0.3 is 5.97 Å². The molecule has 0 aliphatic carbocycles. The van der Waals surface area contributed by atoms with E-state index in [0.29, 0.717) is 6.42 Å². The number of rotatable bonds is 14. The predicted molar refractivity (Wildman–Crippen MR) is 77.0 cm³/mol. The Hall–Kier alpha value is -0.570. The number of aliphatic carboxylic acids is 1. The van der Waals surface area contributed by atoms with Crippen LogP contribution >= 0.6 is 0 Å². The summed E-state index contributed by atoms with van der Waals surface area (Å²) in [6, 6.07) is 0. The third-order valence-electron chi connectivity index (χ3n) is 3.20. The highest BCUT2D eigenvalue weighted by Gasteiger charge is 1.96. The zero-order valence-electron chi connectivity index (χ0n) is 12.0. The summed E-state index contributed by atoms with van der Waals surface area (Å²) < 4.78 is 0. The first kappa shape index (κ1) is 17.4. The molecule has 18 heavy (non-hydrogen) atoms. The predicted octanol–water partition coefficient (Wildman–Crippen LogP) is 3.97. The molecule has 0 saturated heterocycles. The SMILES string of the molecule is CCCCCNCCCCCCCCCC(=O)O. The number of hydrogen-bond acceptors (Lipinski definition) is 2. The summed E-state index contributed by atoms with van der Waals surface area (Å²) in [5.74, 6) is -0.663. The maximum atomic E-state index is 10.3. The van der Waals surface area contributed by atoms with E-state index in [-0.39, 0.29) is 0 Å². The summed E-state index contributed by atoms with van der Waals surface area (Å²) in [6.45, 7) is 4.56. The van der Waals surface area contributed by atoms with Gasteiger partial charge in [0, 0.05) is 6.42 Å². The molecule has 2 N–H and O–H groups in total. The van der Waals surface area contributed by atoms with Crippen LogP contribution in [0.2, 0.25) is 0 Å². The van der Waals surface area contributed by atoms with Crippen LogP contribution in [0.4, 0.5) is 0 Å². The highest BCUT2D eigenvalue weighted by Crippen LogP contribution is 2.08. The van der Waals surface area contributed by atoms with E-state index < -0.39 is 5.97 Å². The van der Waals surface area contributed by atoms with Crippen LogP contribution < -0.4 is 5.32 Å². The first-order chi connectivity index (χ1) is 8.77. The van der Waals surface area contributed by atoms with Crippen LogP contribution in [0.3, 0.4) is 0 Å². The molecule has 0 amide bonds. The summed E-state index contributed by atoms with van der Waals surface area (Å²) in [6.07, 6.45) is 12.5.